The first-order valence-corrected chi connectivity index (χ1v) is 10.4. The van der Waals surface area contributed by atoms with Crippen LogP contribution in [0.5, 0.6) is 5.75 Å². The summed E-state index contributed by atoms with van der Waals surface area (Å²) in [5.74, 6) is 0.810. The summed E-state index contributed by atoms with van der Waals surface area (Å²) in [4.78, 5) is 2.67. The number of phenols is 1. The highest BCUT2D eigenvalue weighted by atomic mass is 35.5. The Kier molecular flexibility index (Phi) is 7.14. The van der Waals surface area contributed by atoms with Gasteiger partial charge >= 0.3 is 0 Å². The molecular weight excluding hydrogens is 360 g/mol. The van der Waals surface area contributed by atoms with E-state index in [4.69, 9.17) is 0 Å². The maximum Gasteiger partial charge on any atom is 0.243 e. The second-order valence-electron chi connectivity index (χ2n) is 7.22. The highest BCUT2D eigenvalue weighted by Crippen LogP contribution is 2.29. The molecule has 142 valence electrons. The summed E-state index contributed by atoms with van der Waals surface area (Å²) in [5, 5.41) is 9.59. The predicted molar refractivity (Wildman–Crippen MR) is 102 cm³/mol. The van der Waals surface area contributed by atoms with Gasteiger partial charge in [-0.25, -0.2) is 8.42 Å². The Balaban J connectivity index is 0.00000225. The first kappa shape index (κ1) is 20.5. The number of hydrogen-bond donors (Lipinski definition) is 1. The van der Waals surface area contributed by atoms with Gasteiger partial charge in [0.05, 0.1) is 4.90 Å². The fourth-order valence-electron chi connectivity index (χ4n) is 3.81. The van der Waals surface area contributed by atoms with Crippen LogP contribution in [0, 0.1) is 5.92 Å². The van der Waals surface area contributed by atoms with Crippen LogP contribution in [0.4, 0.5) is 0 Å². The maximum atomic E-state index is 12.9. The highest BCUT2D eigenvalue weighted by Gasteiger charge is 2.35. The number of sulfonamides is 1. The molecule has 1 aromatic carbocycles. The van der Waals surface area contributed by atoms with E-state index in [0.717, 1.165) is 44.8 Å². The second-order valence-corrected chi connectivity index (χ2v) is 9.11. The standard InChI is InChI=1S/C18H28N2O3S.ClH/c1-15-7-11-19(12-8-15)13-9-16-4-3-10-20(16)24(22,23)18-6-2-5-17(21)14-18;/h2,5-6,14-16,21H,3-4,7-13H2,1H3;1H. The number of benzene rings is 1. The summed E-state index contributed by atoms with van der Waals surface area (Å²) in [6, 6.07) is 6.07. The first-order chi connectivity index (χ1) is 11.5. The van der Waals surface area contributed by atoms with Crippen molar-refractivity contribution in [3.05, 3.63) is 24.3 Å². The molecule has 2 aliphatic rings. The number of likely N-dealkylation sites (tertiary alicyclic amines) is 1. The molecule has 0 radical (unpaired) electrons. The molecule has 2 heterocycles. The molecule has 0 aliphatic carbocycles. The van der Waals surface area contributed by atoms with Gasteiger partial charge in [0.25, 0.3) is 0 Å². The maximum absolute atomic E-state index is 12.9. The Morgan fingerprint density at radius 2 is 1.88 bits per heavy atom. The molecule has 2 saturated heterocycles. The third-order valence-electron chi connectivity index (χ3n) is 5.40. The van der Waals surface area contributed by atoms with Crippen LogP contribution in [0.15, 0.2) is 29.2 Å². The van der Waals surface area contributed by atoms with Gasteiger partial charge in [-0.05, 0) is 75.9 Å². The lowest BCUT2D eigenvalue weighted by Gasteiger charge is -2.32. The number of halogens is 1. The van der Waals surface area contributed by atoms with Gasteiger partial charge in [-0.3, -0.25) is 0 Å². The molecule has 0 saturated carbocycles. The van der Waals surface area contributed by atoms with Crippen molar-refractivity contribution < 1.29 is 13.5 Å². The van der Waals surface area contributed by atoms with Gasteiger partial charge in [-0.1, -0.05) is 13.0 Å². The Labute approximate surface area is 157 Å². The average Bonchev–Trinajstić information content (AvgIpc) is 3.04. The molecule has 0 spiro atoms. The molecule has 7 heteroatoms. The van der Waals surface area contributed by atoms with Crippen LogP contribution in [0.2, 0.25) is 0 Å². The molecule has 1 aromatic rings. The number of piperidine rings is 1. The average molecular weight is 389 g/mol. The zero-order valence-corrected chi connectivity index (χ0v) is 16.4. The summed E-state index contributed by atoms with van der Waals surface area (Å²) < 4.78 is 27.4. The number of phenolic OH excluding ortho intramolecular Hbond substituents is 1. The zero-order chi connectivity index (χ0) is 17.2. The normalized spacial score (nSPS) is 23.5. The molecule has 0 amide bonds. The van der Waals surface area contributed by atoms with Gasteiger partial charge in [-0.15, -0.1) is 12.4 Å². The molecule has 2 aliphatic heterocycles. The van der Waals surface area contributed by atoms with E-state index in [1.807, 2.05) is 0 Å². The second kappa shape index (κ2) is 8.71. The lowest BCUT2D eigenvalue weighted by molar-refractivity contribution is 0.179. The van der Waals surface area contributed by atoms with Gasteiger partial charge < -0.3 is 10.0 Å². The summed E-state index contributed by atoms with van der Waals surface area (Å²) in [6.45, 7) is 6.13. The fourth-order valence-corrected chi connectivity index (χ4v) is 5.57. The van der Waals surface area contributed by atoms with Crippen molar-refractivity contribution in [3.8, 4) is 5.75 Å². The van der Waals surface area contributed by atoms with E-state index in [-0.39, 0.29) is 29.1 Å². The smallest absolute Gasteiger partial charge is 0.243 e. The van der Waals surface area contributed by atoms with E-state index in [0.29, 0.717) is 6.54 Å². The van der Waals surface area contributed by atoms with Crippen molar-refractivity contribution in [2.24, 2.45) is 5.92 Å². The van der Waals surface area contributed by atoms with Gasteiger partial charge in [0.1, 0.15) is 5.75 Å². The minimum atomic E-state index is -3.52. The molecule has 1 unspecified atom stereocenters. The molecule has 0 aromatic heterocycles. The molecular formula is C18H29ClN2O3S. The first-order valence-electron chi connectivity index (χ1n) is 9.00. The van der Waals surface area contributed by atoms with Crippen molar-refractivity contribution >= 4 is 22.4 Å². The van der Waals surface area contributed by atoms with Crippen molar-refractivity contribution in [1.82, 2.24) is 9.21 Å². The number of nitrogens with zero attached hydrogens (tertiary/aromatic N) is 2. The lowest BCUT2D eigenvalue weighted by Crippen LogP contribution is -2.40. The Bertz CT molecular complexity index is 660. The molecule has 3 rings (SSSR count). The van der Waals surface area contributed by atoms with E-state index in [9.17, 15) is 13.5 Å². The van der Waals surface area contributed by atoms with Crippen LogP contribution in [0.25, 0.3) is 0 Å². The molecule has 25 heavy (non-hydrogen) atoms. The Morgan fingerprint density at radius 3 is 2.56 bits per heavy atom. The Hall–Kier alpha value is -0.820. The third kappa shape index (κ3) is 4.88. The monoisotopic (exact) mass is 388 g/mol. The van der Waals surface area contributed by atoms with Crippen LogP contribution >= 0.6 is 12.4 Å². The van der Waals surface area contributed by atoms with Crippen molar-refractivity contribution in [2.75, 3.05) is 26.2 Å². The van der Waals surface area contributed by atoms with Crippen molar-refractivity contribution in [3.63, 3.8) is 0 Å². The van der Waals surface area contributed by atoms with Crippen LogP contribution in [-0.4, -0.2) is 55.0 Å². The molecule has 1 atom stereocenters. The van der Waals surface area contributed by atoms with E-state index in [2.05, 4.69) is 11.8 Å². The SMILES string of the molecule is CC1CCN(CCC2CCCN2S(=O)(=O)c2cccc(O)c2)CC1.Cl. The fraction of sp³-hybridized carbons (Fsp3) is 0.667. The summed E-state index contributed by atoms with van der Waals surface area (Å²) in [6.07, 6.45) is 5.24. The van der Waals surface area contributed by atoms with Crippen LogP contribution in [0.3, 0.4) is 0 Å². The third-order valence-corrected chi connectivity index (χ3v) is 7.35. The van der Waals surface area contributed by atoms with Crippen LogP contribution < -0.4 is 0 Å². The van der Waals surface area contributed by atoms with E-state index in [1.165, 1.54) is 25.0 Å². The topological polar surface area (TPSA) is 60.9 Å². The predicted octanol–water partition coefficient (Wildman–Crippen LogP) is 3.09. The quantitative estimate of drug-likeness (QED) is 0.841. The van der Waals surface area contributed by atoms with Gasteiger partial charge in [-0.2, -0.15) is 4.31 Å². The summed E-state index contributed by atoms with van der Waals surface area (Å²) in [5.41, 5.74) is 0. The van der Waals surface area contributed by atoms with Crippen molar-refractivity contribution in [2.45, 2.75) is 50.0 Å². The highest BCUT2D eigenvalue weighted by molar-refractivity contribution is 7.89. The lowest BCUT2D eigenvalue weighted by atomic mass is 9.99. The van der Waals surface area contributed by atoms with E-state index >= 15 is 0 Å². The molecule has 0 bridgehead atoms. The van der Waals surface area contributed by atoms with Gasteiger partial charge in [0, 0.05) is 12.6 Å². The van der Waals surface area contributed by atoms with E-state index < -0.39 is 10.0 Å². The number of hydrogen-bond acceptors (Lipinski definition) is 4. The largest absolute Gasteiger partial charge is 0.508 e. The number of rotatable bonds is 5. The molecule has 2 fully saturated rings. The van der Waals surface area contributed by atoms with Gasteiger partial charge in [0.2, 0.25) is 10.0 Å². The van der Waals surface area contributed by atoms with E-state index in [1.54, 1.807) is 16.4 Å². The summed E-state index contributed by atoms with van der Waals surface area (Å²) in [7, 11) is -3.52. The van der Waals surface area contributed by atoms with Gasteiger partial charge in [0.15, 0.2) is 0 Å². The molecule has 5 nitrogen and oxygen atoms in total. The van der Waals surface area contributed by atoms with Crippen LogP contribution in [0.1, 0.15) is 39.0 Å². The zero-order valence-electron chi connectivity index (χ0n) is 14.8. The Morgan fingerprint density at radius 1 is 1.16 bits per heavy atom. The van der Waals surface area contributed by atoms with Crippen LogP contribution in [-0.2, 0) is 10.0 Å². The summed E-state index contributed by atoms with van der Waals surface area (Å²) >= 11 is 0. The minimum Gasteiger partial charge on any atom is -0.508 e. The van der Waals surface area contributed by atoms with Crippen molar-refractivity contribution in [1.29, 1.82) is 0 Å². The number of aromatic hydroxyl groups is 1. The minimum absolute atomic E-state index is 0. The molecule has 1 N–H and O–H groups in total.